The molecule has 5 nitrogen and oxygen atoms in total. The molecule has 2 rings (SSSR count). The molecule has 0 atom stereocenters. The van der Waals surface area contributed by atoms with Crippen molar-refractivity contribution in [2.45, 2.75) is 39.3 Å². The van der Waals surface area contributed by atoms with E-state index in [0.717, 1.165) is 12.8 Å². The first-order valence-electron chi connectivity index (χ1n) is 7.99. The van der Waals surface area contributed by atoms with Crippen molar-refractivity contribution in [3.8, 4) is 5.75 Å². The van der Waals surface area contributed by atoms with Crippen LogP contribution in [-0.2, 0) is 6.73 Å². The van der Waals surface area contributed by atoms with E-state index in [9.17, 15) is 4.79 Å². The summed E-state index contributed by atoms with van der Waals surface area (Å²) >= 11 is 11.9. The molecule has 1 aromatic carbocycles. The van der Waals surface area contributed by atoms with Crippen LogP contribution in [0.1, 0.15) is 43.1 Å². The molecule has 0 unspecified atom stereocenters. The predicted molar refractivity (Wildman–Crippen MR) is 95.8 cm³/mol. The van der Waals surface area contributed by atoms with E-state index in [-0.39, 0.29) is 12.6 Å². The second-order valence-electron chi connectivity index (χ2n) is 5.41. The van der Waals surface area contributed by atoms with Gasteiger partial charge in [-0.3, -0.25) is 4.79 Å². The largest absolute Gasteiger partial charge is 0.470 e. The molecule has 1 amide bonds. The molecule has 1 heterocycles. The Morgan fingerprint density at radius 3 is 2.83 bits per heavy atom. The number of carbonyl (C=O) groups excluding carboxylic acids is 1. The fraction of sp³-hybridized carbons (Fsp3) is 0.412. The molecule has 2 aromatic rings. The Bertz CT molecular complexity index is 674. The average Bonchev–Trinajstić information content (AvgIpc) is 3.03. The summed E-state index contributed by atoms with van der Waals surface area (Å²) in [5.74, 6) is 0.341. The predicted octanol–water partition coefficient (Wildman–Crippen LogP) is 4.54. The minimum Gasteiger partial charge on any atom is -0.470 e. The number of amides is 1. The zero-order chi connectivity index (χ0) is 17.4. The first kappa shape index (κ1) is 18.6. The Morgan fingerprint density at radius 1 is 1.25 bits per heavy atom. The normalized spacial score (nSPS) is 10.6. The highest BCUT2D eigenvalue weighted by Crippen LogP contribution is 2.27. The van der Waals surface area contributed by atoms with Crippen molar-refractivity contribution in [1.29, 1.82) is 0 Å². The van der Waals surface area contributed by atoms with Crippen LogP contribution in [0.5, 0.6) is 5.75 Å². The lowest BCUT2D eigenvalue weighted by Gasteiger charge is -2.08. The topological polar surface area (TPSA) is 56.2 Å². The summed E-state index contributed by atoms with van der Waals surface area (Å²) in [5, 5.41) is 8.04. The number of nitrogens with zero attached hydrogens (tertiary/aromatic N) is 2. The van der Waals surface area contributed by atoms with E-state index in [4.69, 9.17) is 27.9 Å². The number of benzene rings is 1. The van der Waals surface area contributed by atoms with Crippen molar-refractivity contribution in [1.82, 2.24) is 15.1 Å². The number of unbranched alkanes of at least 4 members (excludes halogenated alkanes) is 3. The van der Waals surface area contributed by atoms with E-state index in [1.54, 1.807) is 30.5 Å². The van der Waals surface area contributed by atoms with Crippen molar-refractivity contribution in [3.05, 3.63) is 46.2 Å². The highest BCUT2D eigenvalue weighted by molar-refractivity contribution is 6.35. The van der Waals surface area contributed by atoms with E-state index in [2.05, 4.69) is 17.3 Å². The summed E-state index contributed by atoms with van der Waals surface area (Å²) in [6, 6.07) is 6.66. The van der Waals surface area contributed by atoms with Crippen molar-refractivity contribution < 1.29 is 9.53 Å². The van der Waals surface area contributed by atoms with E-state index in [1.165, 1.54) is 17.5 Å². The molecule has 130 valence electrons. The minimum atomic E-state index is -0.172. The van der Waals surface area contributed by atoms with Crippen LogP contribution >= 0.6 is 23.2 Å². The minimum absolute atomic E-state index is 0.158. The third-order valence-electron chi connectivity index (χ3n) is 3.44. The van der Waals surface area contributed by atoms with Gasteiger partial charge in [-0.05, 0) is 30.7 Å². The maximum atomic E-state index is 12.0. The molecule has 7 heteroatoms. The first-order chi connectivity index (χ1) is 11.6. The monoisotopic (exact) mass is 369 g/mol. The molecule has 0 aliphatic rings. The van der Waals surface area contributed by atoms with Gasteiger partial charge in [-0.25, -0.2) is 4.68 Å². The number of hydrogen-bond donors (Lipinski definition) is 1. The van der Waals surface area contributed by atoms with Gasteiger partial charge in [-0.2, -0.15) is 5.10 Å². The lowest BCUT2D eigenvalue weighted by molar-refractivity contribution is 0.0946. The summed E-state index contributed by atoms with van der Waals surface area (Å²) in [7, 11) is 0. The Kier molecular flexibility index (Phi) is 7.40. The number of halogens is 2. The third kappa shape index (κ3) is 5.73. The number of aromatic nitrogens is 2. The number of hydrogen-bond acceptors (Lipinski definition) is 3. The molecule has 0 spiro atoms. The van der Waals surface area contributed by atoms with Crippen LogP contribution in [0.2, 0.25) is 10.0 Å². The fourth-order valence-electron chi connectivity index (χ4n) is 2.13. The van der Waals surface area contributed by atoms with Crippen LogP contribution < -0.4 is 10.1 Å². The molecule has 1 aromatic heterocycles. The van der Waals surface area contributed by atoms with E-state index < -0.39 is 0 Å². The summed E-state index contributed by atoms with van der Waals surface area (Å²) in [6.07, 6.45) is 6.17. The number of nitrogens with one attached hydrogen (secondary N) is 1. The molecule has 24 heavy (non-hydrogen) atoms. The second-order valence-corrected chi connectivity index (χ2v) is 6.25. The number of rotatable bonds is 9. The van der Waals surface area contributed by atoms with Gasteiger partial charge < -0.3 is 10.1 Å². The molecular formula is C17H21Cl2N3O2. The van der Waals surface area contributed by atoms with Crippen molar-refractivity contribution in [2.24, 2.45) is 0 Å². The van der Waals surface area contributed by atoms with Crippen molar-refractivity contribution in [3.63, 3.8) is 0 Å². The van der Waals surface area contributed by atoms with Gasteiger partial charge in [-0.15, -0.1) is 0 Å². The highest BCUT2D eigenvalue weighted by Gasteiger charge is 2.09. The number of ether oxygens (including phenoxy) is 1. The van der Waals surface area contributed by atoms with Crippen molar-refractivity contribution in [2.75, 3.05) is 6.54 Å². The molecule has 0 saturated heterocycles. The van der Waals surface area contributed by atoms with Gasteiger partial charge in [0.2, 0.25) is 0 Å². The lowest BCUT2D eigenvalue weighted by atomic mass is 10.2. The fourth-order valence-corrected chi connectivity index (χ4v) is 2.59. The van der Waals surface area contributed by atoms with Crippen LogP contribution in [0.15, 0.2) is 30.5 Å². The highest BCUT2D eigenvalue weighted by atomic mass is 35.5. The second kappa shape index (κ2) is 9.55. The van der Waals surface area contributed by atoms with Gasteiger partial charge in [0, 0.05) is 17.8 Å². The van der Waals surface area contributed by atoms with Crippen LogP contribution in [0, 0.1) is 0 Å². The Labute approximate surface area is 151 Å². The SMILES string of the molecule is CCCCCCNC(=O)c1ccn(COc2ccc(Cl)cc2Cl)n1. The molecule has 0 radical (unpaired) electrons. The van der Waals surface area contributed by atoms with Crippen LogP contribution in [0.4, 0.5) is 0 Å². The Morgan fingerprint density at radius 2 is 2.08 bits per heavy atom. The van der Waals surface area contributed by atoms with Gasteiger partial charge in [0.1, 0.15) is 11.4 Å². The standard InChI is InChI=1S/C17H21Cl2N3O2/c1-2-3-4-5-9-20-17(23)15-8-10-22(21-15)12-24-16-7-6-13(18)11-14(16)19/h6-8,10-11H,2-5,9,12H2,1H3,(H,20,23). The average molecular weight is 370 g/mol. The molecule has 0 aliphatic heterocycles. The van der Waals surface area contributed by atoms with Gasteiger partial charge >= 0.3 is 0 Å². The van der Waals surface area contributed by atoms with Crippen LogP contribution in [0.25, 0.3) is 0 Å². The van der Waals surface area contributed by atoms with Gasteiger partial charge in [0.05, 0.1) is 5.02 Å². The molecule has 1 N–H and O–H groups in total. The molecule has 0 aliphatic carbocycles. The zero-order valence-electron chi connectivity index (χ0n) is 13.6. The Hall–Kier alpha value is -1.72. The third-order valence-corrected chi connectivity index (χ3v) is 3.97. The maximum absolute atomic E-state index is 12.0. The summed E-state index contributed by atoms with van der Waals surface area (Å²) in [4.78, 5) is 12.0. The van der Waals surface area contributed by atoms with Gasteiger partial charge in [0.15, 0.2) is 6.73 Å². The smallest absolute Gasteiger partial charge is 0.271 e. The molecule has 0 fully saturated rings. The maximum Gasteiger partial charge on any atom is 0.271 e. The van der Waals surface area contributed by atoms with Crippen molar-refractivity contribution >= 4 is 29.1 Å². The summed E-state index contributed by atoms with van der Waals surface area (Å²) < 4.78 is 7.11. The number of carbonyl (C=O) groups is 1. The molecule has 0 saturated carbocycles. The van der Waals surface area contributed by atoms with E-state index >= 15 is 0 Å². The summed E-state index contributed by atoms with van der Waals surface area (Å²) in [5.41, 5.74) is 0.372. The summed E-state index contributed by atoms with van der Waals surface area (Å²) in [6.45, 7) is 2.98. The van der Waals surface area contributed by atoms with Gasteiger partial charge in [-0.1, -0.05) is 49.4 Å². The van der Waals surface area contributed by atoms with Crippen LogP contribution in [-0.4, -0.2) is 22.2 Å². The molecule has 0 bridgehead atoms. The van der Waals surface area contributed by atoms with E-state index in [0.29, 0.717) is 28.0 Å². The van der Waals surface area contributed by atoms with Gasteiger partial charge in [0.25, 0.3) is 5.91 Å². The lowest BCUT2D eigenvalue weighted by Crippen LogP contribution is -2.25. The van der Waals surface area contributed by atoms with E-state index in [1.807, 2.05) is 0 Å². The molecular weight excluding hydrogens is 349 g/mol. The Balaban J connectivity index is 1.81. The quantitative estimate of drug-likeness (QED) is 0.660. The first-order valence-corrected chi connectivity index (χ1v) is 8.75. The zero-order valence-corrected chi connectivity index (χ0v) is 15.1. The van der Waals surface area contributed by atoms with Crippen LogP contribution in [0.3, 0.4) is 0 Å².